The molecule has 2 amide bonds. The van der Waals surface area contributed by atoms with Gasteiger partial charge in [0.1, 0.15) is 5.82 Å². The number of anilines is 2. The number of urea groups is 1. The monoisotopic (exact) mass is 437 g/mol. The van der Waals surface area contributed by atoms with Gasteiger partial charge in [0.05, 0.1) is 16.6 Å². The minimum atomic E-state index is -0.310. The van der Waals surface area contributed by atoms with Gasteiger partial charge in [-0.25, -0.2) is 14.2 Å². The van der Waals surface area contributed by atoms with Gasteiger partial charge in [-0.1, -0.05) is 17.7 Å². The summed E-state index contributed by atoms with van der Waals surface area (Å²) >= 11 is 6.16. The summed E-state index contributed by atoms with van der Waals surface area (Å²) in [7, 11) is 0. The first-order chi connectivity index (χ1) is 15.0. The molecule has 0 radical (unpaired) electrons. The topological polar surface area (TPSA) is 52.9 Å². The predicted octanol–water partition coefficient (Wildman–Crippen LogP) is 4.94. The average molecular weight is 438 g/mol. The van der Waals surface area contributed by atoms with Crippen LogP contribution < -0.4 is 10.2 Å². The second-order valence-electron chi connectivity index (χ2n) is 7.65. The van der Waals surface area contributed by atoms with E-state index in [-0.39, 0.29) is 11.8 Å². The smallest absolute Gasteiger partial charge is 0.321 e. The number of nitrogens with zero attached hydrogens (tertiary/aromatic N) is 4. The molecule has 0 unspecified atom stereocenters. The second-order valence-corrected chi connectivity index (χ2v) is 8.06. The Labute approximate surface area is 183 Å². The van der Waals surface area contributed by atoms with Crippen molar-refractivity contribution in [2.45, 2.75) is 6.92 Å². The molecule has 0 saturated carbocycles. The van der Waals surface area contributed by atoms with Crippen molar-refractivity contribution in [2.24, 2.45) is 0 Å². The molecule has 0 aliphatic carbocycles. The van der Waals surface area contributed by atoms with Gasteiger partial charge in [-0.2, -0.15) is 0 Å². The molecule has 31 heavy (non-hydrogen) atoms. The van der Waals surface area contributed by atoms with E-state index in [1.807, 2.05) is 41.8 Å². The number of nitrogens with one attached hydrogen (secondary N) is 1. The Balaban J connectivity index is 1.35. The third kappa shape index (κ3) is 3.55. The summed E-state index contributed by atoms with van der Waals surface area (Å²) in [5, 5.41) is 3.58. The minimum Gasteiger partial charge on any atom is -0.351 e. The Morgan fingerprint density at radius 2 is 1.87 bits per heavy atom. The average Bonchev–Trinajstić information content (AvgIpc) is 3.26. The number of carbonyl (C=O) groups excluding carboxylic acids is 1. The van der Waals surface area contributed by atoms with Gasteiger partial charge in [-0.15, -0.1) is 0 Å². The first-order valence-electron chi connectivity index (χ1n) is 10.1. The number of carbonyl (C=O) groups is 1. The quantitative estimate of drug-likeness (QED) is 0.483. The maximum absolute atomic E-state index is 13.8. The van der Waals surface area contributed by atoms with Crippen LogP contribution in [0.5, 0.6) is 0 Å². The summed E-state index contributed by atoms with van der Waals surface area (Å²) in [5.74, 6) is 0.490. The highest BCUT2D eigenvalue weighted by Gasteiger charge is 2.24. The Morgan fingerprint density at radius 1 is 1.06 bits per heavy atom. The van der Waals surface area contributed by atoms with Gasteiger partial charge < -0.3 is 19.5 Å². The van der Waals surface area contributed by atoms with Crippen molar-refractivity contribution in [3.8, 4) is 0 Å². The van der Waals surface area contributed by atoms with Crippen LogP contribution in [0.4, 0.5) is 20.7 Å². The van der Waals surface area contributed by atoms with E-state index in [1.165, 1.54) is 12.1 Å². The SMILES string of the molecule is Cc1c(Cl)cccc1NC(=O)N1CCN(c2nc3cc(F)ccc3n3cccc23)CC1. The van der Waals surface area contributed by atoms with Gasteiger partial charge in [0.15, 0.2) is 5.82 Å². The lowest BCUT2D eigenvalue weighted by molar-refractivity contribution is 0.208. The molecule has 2 aromatic heterocycles. The van der Waals surface area contributed by atoms with Gasteiger partial charge in [0.25, 0.3) is 0 Å². The van der Waals surface area contributed by atoms with Crippen LogP contribution in [-0.4, -0.2) is 46.5 Å². The van der Waals surface area contributed by atoms with Crippen molar-refractivity contribution in [3.63, 3.8) is 0 Å². The number of fused-ring (bicyclic) bond motifs is 3. The van der Waals surface area contributed by atoms with Crippen LogP contribution in [0.1, 0.15) is 5.56 Å². The number of amides is 2. The van der Waals surface area contributed by atoms with E-state index in [2.05, 4.69) is 10.2 Å². The van der Waals surface area contributed by atoms with E-state index in [1.54, 1.807) is 17.0 Å². The van der Waals surface area contributed by atoms with Crippen molar-refractivity contribution in [1.82, 2.24) is 14.3 Å². The summed E-state index contributed by atoms with van der Waals surface area (Å²) in [5.41, 5.74) is 3.99. The Bertz CT molecular complexity index is 1300. The molecule has 1 aliphatic heterocycles. The van der Waals surface area contributed by atoms with Crippen LogP contribution >= 0.6 is 11.6 Å². The molecule has 3 heterocycles. The first-order valence-corrected chi connectivity index (χ1v) is 10.5. The van der Waals surface area contributed by atoms with Gasteiger partial charge in [-0.05, 0) is 48.9 Å². The van der Waals surface area contributed by atoms with Crippen LogP contribution in [0.25, 0.3) is 16.6 Å². The predicted molar refractivity (Wildman–Crippen MR) is 122 cm³/mol. The summed E-state index contributed by atoms with van der Waals surface area (Å²) in [6.07, 6.45) is 1.96. The van der Waals surface area contributed by atoms with Gasteiger partial charge in [0.2, 0.25) is 0 Å². The minimum absolute atomic E-state index is 0.147. The van der Waals surface area contributed by atoms with Crippen LogP contribution in [-0.2, 0) is 0 Å². The zero-order valence-corrected chi connectivity index (χ0v) is 17.7. The number of benzene rings is 2. The van der Waals surface area contributed by atoms with Crippen molar-refractivity contribution in [2.75, 3.05) is 36.4 Å². The van der Waals surface area contributed by atoms with Crippen LogP contribution in [0.15, 0.2) is 54.7 Å². The number of rotatable bonds is 2. The number of hydrogen-bond acceptors (Lipinski definition) is 3. The molecule has 1 aliphatic rings. The molecule has 1 fully saturated rings. The highest BCUT2D eigenvalue weighted by atomic mass is 35.5. The Hall–Kier alpha value is -3.32. The van der Waals surface area contributed by atoms with Crippen LogP contribution in [0, 0.1) is 12.7 Å². The van der Waals surface area contributed by atoms with Crippen molar-refractivity contribution >= 4 is 45.7 Å². The fourth-order valence-corrected chi connectivity index (χ4v) is 4.20. The van der Waals surface area contributed by atoms with E-state index in [0.29, 0.717) is 42.4 Å². The zero-order valence-electron chi connectivity index (χ0n) is 17.0. The highest BCUT2D eigenvalue weighted by molar-refractivity contribution is 6.31. The highest BCUT2D eigenvalue weighted by Crippen LogP contribution is 2.27. The Morgan fingerprint density at radius 3 is 2.68 bits per heavy atom. The van der Waals surface area contributed by atoms with E-state index in [0.717, 1.165) is 22.4 Å². The van der Waals surface area contributed by atoms with E-state index in [4.69, 9.17) is 16.6 Å². The van der Waals surface area contributed by atoms with Crippen molar-refractivity contribution < 1.29 is 9.18 Å². The number of halogens is 2. The maximum Gasteiger partial charge on any atom is 0.321 e. The van der Waals surface area contributed by atoms with Gasteiger partial charge in [0, 0.05) is 49.2 Å². The number of aromatic nitrogens is 2. The van der Waals surface area contributed by atoms with Crippen molar-refractivity contribution in [3.05, 3.63) is 71.1 Å². The fraction of sp³-hybridized carbons (Fsp3) is 0.217. The fourth-order valence-electron chi connectivity index (χ4n) is 4.03. The molecule has 158 valence electrons. The lowest BCUT2D eigenvalue weighted by atomic mass is 10.2. The molecular formula is C23H21ClFN5O. The molecule has 1 N–H and O–H groups in total. The third-order valence-corrected chi connectivity index (χ3v) is 6.19. The summed E-state index contributed by atoms with van der Waals surface area (Å²) in [6, 6.07) is 13.9. The van der Waals surface area contributed by atoms with E-state index < -0.39 is 0 Å². The number of piperazine rings is 1. The van der Waals surface area contributed by atoms with Crippen molar-refractivity contribution in [1.29, 1.82) is 0 Å². The lowest BCUT2D eigenvalue weighted by Crippen LogP contribution is -2.50. The lowest BCUT2D eigenvalue weighted by Gasteiger charge is -2.35. The first kappa shape index (κ1) is 19.6. The molecule has 6 nitrogen and oxygen atoms in total. The zero-order chi connectivity index (χ0) is 21.5. The molecule has 4 aromatic rings. The van der Waals surface area contributed by atoms with Gasteiger partial charge >= 0.3 is 6.03 Å². The summed E-state index contributed by atoms with van der Waals surface area (Å²) < 4.78 is 15.8. The molecule has 8 heteroatoms. The van der Waals surface area contributed by atoms with Crippen LogP contribution in [0.2, 0.25) is 5.02 Å². The largest absolute Gasteiger partial charge is 0.351 e. The van der Waals surface area contributed by atoms with Gasteiger partial charge in [-0.3, -0.25) is 0 Å². The third-order valence-electron chi connectivity index (χ3n) is 5.78. The molecule has 0 atom stereocenters. The molecule has 1 saturated heterocycles. The second kappa shape index (κ2) is 7.74. The van der Waals surface area contributed by atoms with E-state index in [9.17, 15) is 9.18 Å². The number of hydrogen-bond donors (Lipinski definition) is 1. The standard InChI is InChI=1S/C23H21ClFN5O/c1-15-17(24)4-2-5-18(15)27-23(31)29-12-10-28(11-13-29)22-21-6-3-9-30(21)20-8-7-16(25)14-19(20)26-22/h2-9,14H,10-13H2,1H3,(H,27,31). The molecule has 5 rings (SSSR count). The normalized spacial score (nSPS) is 14.4. The molecule has 0 bridgehead atoms. The molecular weight excluding hydrogens is 417 g/mol. The molecule has 2 aromatic carbocycles. The van der Waals surface area contributed by atoms with E-state index >= 15 is 0 Å². The summed E-state index contributed by atoms with van der Waals surface area (Å²) in [6.45, 7) is 4.27. The maximum atomic E-state index is 13.8. The van der Waals surface area contributed by atoms with Crippen LogP contribution in [0.3, 0.4) is 0 Å². The Kier molecular flexibility index (Phi) is 4.90. The molecule has 0 spiro atoms. The summed E-state index contributed by atoms with van der Waals surface area (Å²) in [4.78, 5) is 21.4.